The first kappa shape index (κ1) is 23.8. The van der Waals surface area contributed by atoms with E-state index in [1.165, 1.54) is 24.3 Å². The van der Waals surface area contributed by atoms with Gasteiger partial charge in [-0.05, 0) is 49.9 Å². The van der Waals surface area contributed by atoms with Gasteiger partial charge in [0, 0.05) is 25.3 Å². The van der Waals surface area contributed by atoms with Crippen LogP contribution in [-0.2, 0) is 14.8 Å². The van der Waals surface area contributed by atoms with Gasteiger partial charge in [-0.3, -0.25) is 4.79 Å². The van der Waals surface area contributed by atoms with Gasteiger partial charge < -0.3 is 15.8 Å². The smallest absolute Gasteiger partial charge is 0.251 e. The van der Waals surface area contributed by atoms with Crippen LogP contribution in [0, 0.1) is 5.92 Å². The summed E-state index contributed by atoms with van der Waals surface area (Å²) in [7, 11) is -3.63. The van der Waals surface area contributed by atoms with Crippen molar-refractivity contribution in [3.8, 4) is 0 Å². The predicted octanol–water partition coefficient (Wildman–Crippen LogP) is 1.67. The number of nitrogens with two attached hydrogens (primary N) is 1. The van der Waals surface area contributed by atoms with E-state index in [1.54, 1.807) is 0 Å². The van der Waals surface area contributed by atoms with Crippen LogP contribution >= 0.6 is 12.4 Å². The highest BCUT2D eigenvalue weighted by Crippen LogP contribution is 2.17. The van der Waals surface area contributed by atoms with Crippen LogP contribution in [0.15, 0.2) is 29.2 Å². The van der Waals surface area contributed by atoms with Crippen LogP contribution in [0.2, 0.25) is 0 Å². The van der Waals surface area contributed by atoms with Gasteiger partial charge in [0.05, 0.1) is 16.5 Å². The summed E-state index contributed by atoms with van der Waals surface area (Å²) in [5, 5.41) is 2.93. The zero-order valence-corrected chi connectivity index (χ0v) is 17.7. The first-order valence-corrected chi connectivity index (χ1v) is 10.4. The molecule has 1 aromatic rings. The van der Waals surface area contributed by atoms with Crippen molar-refractivity contribution in [1.82, 2.24) is 10.0 Å². The number of halogens is 1. The monoisotopic (exact) mass is 419 g/mol. The minimum absolute atomic E-state index is 0. The van der Waals surface area contributed by atoms with E-state index in [1.807, 2.05) is 20.8 Å². The maximum absolute atomic E-state index is 12.4. The lowest BCUT2D eigenvalue weighted by Crippen LogP contribution is -2.55. The van der Waals surface area contributed by atoms with E-state index in [0.29, 0.717) is 18.7 Å². The number of ether oxygens (including phenoxy) is 1. The Kier molecular flexibility index (Phi) is 8.69. The lowest BCUT2D eigenvalue weighted by Gasteiger charge is -2.33. The summed E-state index contributed by atoms with van der Waals surface area (Å²) >= 11 is 0. The number of hydrogen-bond donors (Lipinski definition) is 3. The number of sulfonamides is 1. The predicted molar refractivity (Wildman–Crippen MR) is 108 cm³/mol. The molecule has 0 saturated carbocycles. The summed E-state index contributed by atoms with van der Waals surface area (Å²) in [4.78, 5) is 12.6. The third-order valence-corrected chi connectivity index (χ3v) is 6.49. The van der Waals surface area contributed by atoms with Crippen molar-refractivity contribution in [1.29, 1.82) is 0 Å². The Morgan fingerprint density at radius 1 is 1.33 bits per heavy atom. The molecule has 2 atom stereocenters. The second-order valence-corrected chi connectivity index (χ2v) is 9.01. The maximum atomic E-state index is 12.4. The molecule has 1 aliphatic heterocycles. The van der Waals surface area contributed by atoms with Crippen molar-refractivity contribution in [2.75, 3.05) is 19.7 Å². The summed E-state index contributed by atoms with van der Waals surface area (Å²) < 4.78 is 32.7. The van der Waals surface area contributed by atoms with Crippen LogP contribution in [0.5, 0.6) is 0 Å². The van der Waals surface area contributed by atoms with E-state index in [9.17, 15) is 13.2 Å². The average molecular weight is 420 g/mol. The lowest BCUT2D eigenvalue weighted by atomic mass is 9.88. The zero-order chi connectivity index (χ0) is 19.4. The second kappa shape index (κ2) is 9.84. The fourth-order valence-electron chi connectivity index (χ4n) is 2.64. The highest BCUT2D eigenvalue weighted by atomic mass is 35.5. The number of carbonyl (C=O) groups is 1. The molecular weight excluding hydrogens is 390 g/mol. The number of amides is 1. The van der Waals surface area contributed by atoms with Crippen LogP contribution in [-0.4, -0.2) is 45.7 Å². The van der Waals surface area contributed by atoms with E-state index >= 15 is 0 Å². The van der Waals surface area contributed by atoms with E-state index in [2.05, 4.69) is 10.0 Å². The molecule has 1 saturated heterocycles. The Balaban J connectivity index is 0.00000364. The third-order valence-electron chi connectivity index (χ3n) is 5.05. The fourth-order valence-corrected chi connectivity index (χ4v) is 3.71. The zero-order valence-electron chi connectivity index (χ0n) is 16.0. The van der Waals surface area contributed by atoms with Gasteiger partial charge in [-0.25, -0.2) is 13.1 Å². The highest BCUT2D eigenvalue weighted by molar-refractivity contribution is 7.89. The first-order valence-electron chi connectivity index (χ1n) is 8.92. The normalized spacial score (nSPS) is 19.4. The van der Waals surface area contributed by atoms with Crippen LogP contribution in [0.25, 0.3) is 0 Å². The van der Waals surface area contributed by atoms with Crippen molar-refractivity contribution in [2.45, 2.75) is 50.2 Å². The quantitative estimate of drug-likeness (QED) is 0.593. The standard InChI is InChI=1S/C18H29N3O4S.ClH/c1-13(2)18(3,12-19)21-17(22)14-6-8-16(9-7-14)26(23,24)20-11-15-5-4-10-25-15;/h6-9,13,15,20H,4-5,10-12,19H2,1-3H3,(H,21,22);1H. The Morgan fingerprint density at radius 2 is 1.96 bits per heavy atom. The molecule has 2 rings (SSSR count). The van der Waals surface area contributed by atoms with Crippen LogP contribution < -0.4 is 15.8 Å². The molecule has 1 fully saturated rings. The van der Waals surface area contributed by atoms with Crippen LogP contribution in [0.1, 0.15) is 44.0 Å². The molecular formula is C18H30ClN3O4S. The van der Waals surface area contributed by atoms with Crippen molar-refractivity contribution in [2.24, 2.45) is 11.7 Å². The number of carbonyl (C=O) groups excluding carboxylic acids is 1. The molecule has 1 heterocycles. The Hall–Kier alpha value is -1.19. The van der Waals surface area contributed by atoms with Gasteiger partial charge in [-0.1, -0.05) is 13.8 Å². The largest absolute Gasteiger partial charge is 0.377 e. The van der Waals surface area contributed by atoms with Crippen molar-refractivity contribution >= 4 is 28.3 Å². The molecule has 27 heavy (non-hydrogen) atoms. The van der Waals surface area contributed by atoms with Crippen molar-refractivity contribution in [3.05, 3.63) is 29.8 Å². The molecule has 0 radical (unpaired) electrons. The van der Waals surface area contributed by atoms with Gasteiger partial charge >= 0.3 is 0 Å². The number of benzene rings is 1. The molecule has 9 heteroatoms. The molecule has 4 N–H and O–H groups in total. The van der Waals surface area contributed by atoms with Gasteiger partial charge in [0.2, 0.25) is 10.0 Å². The topological polar surface area (TPSA) is 111 Å². The summed E-state index contributed by atoms with van der Waals surface area (Å²) in [6, 6.07) is 5.88. The molecule has 0 aromatic heterocycles. The lowest BCUT2D eigenvalue weighted by molar-refractivity contribution is 0.0883. The minimum Gasteiger partial charge on any atom is -0.377 e. The van der Waals surface area contributed by atoms with Crippen molar-refractivity contribution < 1.29 is 17.9 Å². The second-order valence-electron chi connectivity index (χ2n) is 7.24. The molecule has 7 nitrogen and oxygen atoms in total. The molecule has 2 unspecified atom stereocenters. The summed E-state index contributed by atoms with van der Waals surface area (Å²) in [6.07, 6.45) is 1.74. The van der Waals surface area contributed by atoms with Crippen LogP contribution in [0.3, 0.4) is 0 Å². The van der Waals surface area contributed by atoms with E-state index in [4.69, 9.17) is 10.5 Å². The number of hydrogen-bond acceptors (Lipinski definition) is 5. The summed E-state index contributed by atoms with van der Waals surface area (Å²) in [5.74, 6) is -0.110. The SMILES string of the molecule is CC(C)C(C)(CN)NC(=O)c1ccc(S(=O)(=O)NCC2CCCO2)cc1.Cl. The van der Waals surface area contributed by atoms with Gasteiger partial charge in [-0.2, -0.15) is 0 Å². The number of rotatable bonds is 8. The van der Waals surface area contributed by atoms with Crippen molar-refractivity contribution in [3.63, 3.8) is 0 Å². The highest BCUT2D eigenvalue weighted by Gasteiger charge is 2.29. The Morgan fingerprint density at radius 3 is 2.44 bits per heavy atom. The average Bonchev–Trinajstić information content (AvgIpc) is 3.13. The molecule has 0 aliphatic carbocycles. The van der Waals surface area contributed by atoms with Gasteiger partial charge in [0.15, 0.2) is 0 Å². The molecule has 1 amide bonds. The van der Waals surface area contributed by atoms with E-state index in [0.717, 1.165) is 12.8 Å². The summed E-state index contributed by atoms with van der Waals surface area (Å²) in [5.41, 5.74) is 5.66. The first-order chi connectivity index (χ1) is 12.2. The van der Waals surface area contributed by atoms with Gasteiger partial charge in [0.25, 0.3) is 5.91 Å². The van der Waals surface area contributed by atoms with E-state index < -0.39 is 15.6 Å². The minimum atomic E-state index is -3.63. The third kappa shape index (κ3) is 6.15. The van der Waals surface area contributed by atoms with Gasteiger partial charge in [-0.15, -0.1) is 12.4 Å². The molecule has 1 aliphatic rings. The fraction of sp³-hybridized carbons (Fsp3) is 0.611. The van der Waals surface area contributed by atoms with Gasteiger partial charge in [0.1, 0.15) is 0 Å². The molecule has 154 valence electrons. The maximum Gasteiger partial charge on any atom is 0.251 e. The Labute approximate surface area is 167 Å². The summed E-state index contributed by atoms with van der Waals surface area (Å²) in [6.45, 7) is 7.12. The number of nitrogens with one attached hydrogen (secondary N) is 2. The Bertz CT molecular complexity index is 719. The molecule has 1 aromatic carbocycles. The van der Waals surface area contributed by atoms with E-state index in [-0.39, 0.29) is 41.8 Å². The molecule has 0 bridgehead atoms. The van der Waals surface area contributed by atoms with Crippen LogP contribution in [0.4, 0.5) is 0 Å². The molecule has 0 spiro atoms.